The van der Waals surface area contributed by atoms with Crippen LogP contribution in [-0.4, -0.2) is 48.5 Å². The lowest BCUT2D eigenvalue weighted by Crippen LogP contribution is -2.32. The third kappa shape index (κ3) is 6.39. The minimum atomic E-state index is -3.87. The van der Waals surface area contributed by atoms with Gasteiger partial charge >= 0.3 is 5.97 Å². The fraction of sp³-hybridized carbons (Fsp3) is 0.133. The first-order valence-electron chi connectivity index (χ1n) is 13.0. The van der Waals surface area contributed by atoms with Crippen LogP contribution in [-0.2, 0) is 19.6 Å². The minimum Gasteiger partial charge on any atom is -0.497 e. The highest BCUT2D eigenvalue weighted by Gasteiger charge is 2.23. The van der Waals surface area contributed by atoms with E-state index in [1.165, 1.54) is 36.5 Å². The number of H-pyrrole nitrogens is 1. The lowest BCUT2D eigenvalue weighted by atomic mass is 10.2. The molecule has 214 valence electrons. The van der Waals surface area contributed by atoms with Crippen molar-refractivity contribution in [1.82, 2.24) is 15.0 Å². The minimum absolute atomic E-state index is 0.00559. The number of rotatable bonds is 10. The molecule has 0 fully saturated rings. The predicted octanol–water partition coefficient (Wildman–Crippen LogP) is 5.01. The van der Waals surface area contributed by atoms with E-state index in [1.807, 2.05) is 24.3 Å². The Bertz CT molecular complexity index is 1820. The summed E-state index contributed by atoms with van der Waals surface area (Å²) < 4.78 is 38.3. The normalized spacial score (nSPS) is 12.0. The summed E-state index contributed by atoms with van der Waals surface area (Å²) in [5, 5.41) is 2.67. The van der Waals surface area contributed by atoms with E-state index in [4.69, 9.17) is 9.47 Å². The molecule has 3 N–H and O–H groups in total. The average Bonchev–Trinajstić information content (AvgIpc) is 3.44. The zero-order valence-electron chi connectivity index (χ0n) is 22.7. The highest BCUT2D eigenvalue weighted by atomic mass is 32.2. The largest absolute Gasteiger partial charge is 0.497 e. The van der Waals surface area contributed by atoms with Crippen molar-refractivity contribution in [3.05, 3.63) is 96.7 Å². The summed E-state index contributed by atoms with van der Waals surface area (Å²) in [6, 6.07) is 22.8. The summed E-state index contributed by atoms with van der Waals surface area (Å²) in [6.45, 7) is 1.72. The molecule has 5 rings (SSSR count). The maximum atomic E-state index is 12.9. The van der Waals surface area contributed by atoms with E-state index in [2.05, 4.69) is 25.0 Å². The van der Waals surface area contributed by atoms with Crippen molar-refractivity contribution in [3.63, 3.8) is 0 Å². The summed E-state index contributed by atoms with van der Waals surface area (Å²) in [5.41, 5.74) is 2.77. The molecule has 1 unspecified atom stereocenters. The Labute approximate surface area is 242 Å². The van der Waals surface area contributed by atoms with Crippen molar-refractivity contribution < 1.29 is 27.5 Å². The fourth-order valence-corrected chi connectivity index (χ4v) is 5.11. The van der Waals surface area contributed by atoms with Crippen LogP contribution in [0.2, 0.25) is 0 Å². The number of nitrogens with one attached hydrogen (secondary N) is 3. The smallest absolute Gasteiger partial charge is 0.338 e. The number of aromatic nitrogens is 3. The molecule has 0 bridgehead atoms. The summed E-state index contributed by atoms with van der Waals surface area (Å²) in [7, 11) is -2.27. The molecule has 5 aromatic rings. The van der Waals surface area contributed by atoms with E-state index in [0.29, 0.717) is 22.5 Å². The number of aromatic amines is 1. The molecule has 11 nitrogen and oxygen atoms in total. The maximum Gasteiger partial charge on any atom is 0.338 e. The Balaban J connectivity index is 1.23. The molecule has 0 saturated carbocycles. The van der Waals surface area contributed by atoms with Gasteiger partial charge in [-0.3, -0.25) is 9.52 Å². The van der Waals surface area contributed by atoms with E-state index in [0.717, 1.165) is 11.3 Å². The number of carbonyl (C=O) groups excluding carboxylic acids is 2. The number of sulfonamides is 1. The monoisotopic (exact) mass is 585 g/mol. The van der Waals surface area contributed by atoms with E-state index in [9.17, 15) is 18.0 Å². The molecular formula is C30H27N5O6S. The van der Waals surface area contributed by atoms with Gasteiger partial charge in [0.2, 0.25) is 0 Å². The quantitative estimate of drug-likeness (QED) is 0.194. The molecule has 12 heteroatoms. The zero-order chi connectivity index (χ0) is 29.7. The van der Waals surface area contributed by atoms with Crippen LogP contribution < -0.4 is 14.8 Å². The first-order chi connectivity index (χ1) is 20.3. The summed E-state index contributed by atoms with van der Waals surface area (Å²) in [6.07, 6.45) is 0.633. The number of carbonyl (C=O) groups is 2. The number of methoxy groups -OCH3 is 1. The van der Waals surface area contributed by atoms with Gasteiger partial charge in [-0.2, -0.15) is 0 Å². The predicted molar refractivity (Wildman–Crippen MR) is 158 cm³/mol. The molecule has 2 heterocycles. The third-order valence-electron chi connectivity index (χ3n) is 6.33. The van der Waals surface area contributed by atoms with E-state index >= 15 is 0 Å². The van der Waals surface area contributed by atoms with E-state index in [-0.39, 0.29) is 22.7 Å². The number of nitrogens with zero attached hydrogens (tertiary/aromatic N) is 2. The molecule has 42 heavy (non-hydrogen) atoms. The number of benzene rings is 3. The van der Waals surface area contributed by atoms with Crippen LogP contribution in [0.1, 0.15) is 23.7 Å². The third-order valence-corrected chi connectivity index (χ3v) is 7.70. The molecule has 0 aliphatic rings. The molecule has 0 aliphatic carbocycles. The summed E-state index contributed by atoms with van der Waals surface area (Å²) >= 11 is 0. The zero-order valence-corrected chi connectivity index (χ0v) is 23.5. The SMILES string of the molecule is CCC(OC(=O)c1ccc2nc(-c3ccc(OC)cc3)[nH]c2c1)C(=O)Nc1ccc(S(=O)(=O)Nc2ccccn2)cc1. The number of ether oxygens (including phenoxy) is 2. The Morgan fingerprint density at radius 1 is 0.976 bits per heavy atom. The average molecular weight is 586 g/mol. The number of hydrogen-bond donors (Lipinski definition) is 3. The number of pyridine rings is 1. The van der Waals surface area contributed by atoms with Gasteiger partial charge in [0, 0.05) is 17.4 Å². The van der Waals surface area contributed by atoms with Crippen molar-refractivity contribution in [2.75, 3.05) is 17.1 Å². The van der Waals surface area contributed by atoms with Crippen LogP contribution in [0.15, 0.2) is 96.0 Å². The molecule has 0 aliphatic heterocycles. The first-order valence-corrected chi connectivity index (χ1v) is 14.4. The molecular weight excluding hydrogens is 558 g/mol. The van der Waals surface area contributed by atoms with Crippen LogP contribution in [0, 0.1) is 0 Å². The second-order valence-electron chi connectivity index (χ2n) is 9.18. The van der Waals surface area contributed by atoms with Crippen LogP contribution in [0.5, 0.6) is 5.75 Å². The van der Waals surface area contributed by atoms with Gasteiger partial charge in [-0.05, 0) is 85.3 Å². The number of imidazole rings is 1. The number of amides is 1. The lowest BCUT2D eigenvalue weighted by molar-refractivity contribution is -0.124. The number of esters is 1. The fourth-order valence-electron chi connectivity index (χ4n) is 4.10. The van der Waals surface area contributed by atoms with Crippen LogP contribution >= 0.6 is 0 Å². The van der Waals surface area contributed by atoms with Crippen LogP contribution in [0.25, 0.3) is 22.4 Å². The van der Waals surface area contributed by atoms with Crippen LogP contribution in [0.3, 0.4) is 0 Å². The molecule has 1 atom stereocenters. The van der Waals surface area contributed by atoms with Gasteiger partial charge in [-0.25, -0.2) is 23.2 Å². The second-order valence-corrected chi connectivity index (χ2v) is 10.9. The summed E-state index contributed by atoms with van der Waals surface area (Å²) in [5.74, 6) is 0.342. The molecule has 1 amide bonds. The number of anilines is 2. The Morgan fingerprint density at radius 2 is 1.74 bits per heavy atom. The van der Waals surface area contributed by atoms with Gasteiger partial charge < -0.3 is 19.8 Å². The van der Waals surface area contributed by atoms with Crippen LogP contribution in [0.4, 0.5) is 11.5 Å². The Morgan fingerprint density at radius 3 is 2.40 bits per heavy atom. The molecule has 3 aromatic carbocycles. The lowest BCUT2D eigenvalue weighted by Gasteiger charge is -2.16. The van der Waals surface area contributed by atoms with Gasteiger partial charge in [-0.15, -0.1) is 0 Å². The molecule has 2 aromatic heterocycles. The number of fused-ring (bicyclic) bond motifs is 1. The highest BCUT2D eigenvalue weighted by molar-refractivity contribution is 7.92. The molecule has 0 spiro atoms. The Kier molecular flexibility index (Phi) is 8.16. The van der Waals surface area contributed by atoms with Gasteiger partial charge in [0.05, 0.1) is 28.6 Å². The van der Waals surface area contributed by atoms with Crippen molar-refractivity contribution >= 4 is 44.4 Å². The van der Waals surface area contributed by atoms with Gasteiger partial charge in [0.1, 0.15) is 17.4 Å². The van der Waals surface area contributed by atoms with Gasteiger partial charge in [0.15, 0.2) is 6.10 Å². The van der Waals surface area contributed by atoms with Crippen molar-refractivity contribution in [2.45, 2.75) is 24.3 Å². The van der Waals surface area contributed by atoms with Gasteiger partial charge in [0.25, 0.3) is 15.9 Å². The van der Waals surface area contributed by atoms with Crippen molar-refractivity contribution in [1.29, 1.82) is 0 Å². The first kappa shape index (κ1) is 28.3. The number of hydrogen-bond acceptors (Lipinski definition) is 8. The molecule has 0 saturated heterocycles. The maximum absolute atomic E-state index is 12.9. The van der Waals surface area contributed by atoms with Gasteiger partial charge in [-0.1, -0.05) is 13.0 Å². The van der Waals surface area contributed by atoms with Crippen molar-refractivity contribution in [3.8, 4) is 17.1 Å². The Hall–Kier alpha value is -5.23. The second kappa shape index (κ2) is 12.1. The summed E-state index contributed by atoms with van der Waals surface area (Å²) in [4.78, 5) is 37.6. The molecule has 0 radical (unpaired) electrons. The van der Waals surface area contributed by atoms with Crippen molar-refractivity contribution in [2.24, 2.45) is 0 Å². The topological polar surface area (TPSA) is 152 Å². The highest BCUT2D eigenvalue weighted by Crippen LogP contribution is 2.24. The van der Waals surface area contributed by atoms with E-state index in [1.54, 1.807) is 44.4 Å². The van der Waals surface area contributed by atoms with E-state index < -0.39 is 28.0 Å². The standard InChI is InChI=1S/C30H27N5O6S/c1-3-26(29(36)32-21-10-14-23(15-11-21)42(38,39)35-27-6-4-5-17-31-27)41-30(37)20-9-16-24-25(18-20)34-28(33-24)19-7-12-22(40-2)13-8-19/h4-18,26H,3H2,1-2H3,(H,31,35)(H,32,36)(H,33,34).